The highest BCUT2D eigenvalue weighted by molar-refractivity contribution is 5.95. The molecule has 0 aromatic carbocycles. The number of ketones is 1. The van der Waals surface area contributed by atoms with Gasteiger partial charge in [0.05, 0.1) is 10.5 Å². The van der Waals surface area contributed by atoms with E-state index in [0.29, 0.717) is 18.4 Å². The second kappa shape index (κ2) is 3.99. The molecule has 66 valence electrons. The van der Waals surface area contributed by atoms with Gasteiger partial charge in [0.25, 0.3) is 0 Å². The molecule has 12 heavy (non-hydrogen) atoms. The summed E-state index contributed by atoms with van der Waals surface area (Å²) in [5, 5.41) is 10.1. The average Bonchev–Trinajstić information content (AvgIpc) is 2.16. The van der Waals surface area contributed by atoms with Crippen molar-refractivity contribution < 1.29 is 9.72 Å². The summed E-state index contributed by atoms with van der Waals surface area (Å²) in [4.78, 5) is 20.7. The first-order valence-corrected chi connectivity index (χ1v) is 4.07. The molecule has 4 nitrogen and oxygen atoms in total. The molecule has 1 fully saturated rings. The lowest BCUT2D eigenvalue weighted by Gasteiger charge is -1.94. The van der Waals surface area contributed by atoms with Crippen molar-refractivity contribution in [2.24, 2.45) is 0 Å². The van der Waals surface area contributed by atoms with Crippen LogP contribution in [0.15, 0.2) is 11.8 Å². The Morgan fingerprint density at radius 1 is 1.25 bits per heavy atom. The smallest absolute Gasteiger partial charge is 0.241 e. The highest BCUT2D eigenvalue weighted by Crippen LogP contribution is 2.18. The largest absolute Gasteiger partial charge is 0.294 e. The molecule has 0 N–H and O–H groups in total. The molecule has 0 aliphatic heterocycles. The molecule has 0 aromatic rings. The molecule has 0 bridgehead atoms. The minimum atomic E-state index is -0.543. The topological polar surface area (TPSA) is 60.2 Å². The first-order valence-electron chi connectivity index (χ1n) is 4.07. The number of hydrogen-bond acceptors (Lipinski definition) is 3. The van der Waals surface area contributed by atoms with Crippen molar-refractivity contribution in [2.45, 2.75) is 32.1 Å². The van der Waals surface area contributed by atoms with Crippen LogP contribution in [-0.4, -0.2) is 10.7 Å². The zero-order valence-corrected chi connectivity index (χ0v) is 6.78. The molecule has 0 unspecified atom stereocenters. The molecule has 1 aliphatic carbocycles. The van der Waals surface area contributed by atoms with Crippen molar-refractivity contribution >= 4 is 5.78 Å². The van der Waals surface area contributed by atoms with Crippen LogP contribution in [-0.2, 0) is 4.79 Å². The monoisotopic (exact) mass is 169 g/mol. The van der Waals surface area contributed by atoms with Gasteiger partial charge < -0.3 is 0 Å². The van der Waals surface area contributed by atoms with Gasteiger partial charge >= 0.3 is 0 Å². The normalized spacial score (nSPS) is 22.3. The van der Waals surface area contributed by atoms with E-state index in [9.17, 15) is 14.9 Å². The third kappa shape index (κ3) is 2.45. The second-order valence-corrected chi connectivity index (χ2v) is 2.92. The second-order valence-electron chi connectivity index (χ2n) is 2.92. The van der Waals surface area contributed by atoms with Crippen LogP contribution in [0.4, 0.5) is 0 Å². The Labute approximate surface area is 70.4 Å². The van der Waals surface area contributed by atoms with E-state index in [0.717, 1.165) is 25.5 Å². The SMILES string of the molecule is O=C1CCCCC/C1=C\[N+](=O)[O-]. The van der Waals surface area contributed by atoms with Gasteiger partial charge in [-0.3, -0.25) is 14.9 Å². The Hall–Kier alpha value is -1.19. The predicted molar refractivity (Wildman–Crippen MR) is 43.2 cm³/mol. The number of Topliss-reactive ketones (excluding diaryl/α,β-unsaturated/α-hetero) is 1. The number of carbonyl (C=O) groups is 1. The van der Waals surface area contributed by atoms with E-state index in [1.54, 1.807) is 0 Å². The maximum atomic E-state index is 11.2. The minimum absolute atomic E-state index is 0.0517. The van der Waals surface area contributed by atoms with Gasteiger partial charge in [0, 0.05) is 6.42 Å². The molecule has 0 amide bonds. The van der Waals surface area contributed by atoms with E-state index < -0.39 is 4.92 Å². The molecule has 1 aliphatic rings. The lowest BCUT2D eigenvalue weighted by molar-refractivity contribution is -0.403. The highest BCUT2D eigenvalue weighted by Gasteiger charge is 2.16. The molecule has 4 heteroatoms. The van der Waals surface area contributed by atoms with Gasteiger partial charge in [0.2, 0.25) is 6.20 Å². The van der Waals surface area contributed by atoms with Crippen molar-refractivity contribution in [2.75, 3.05) is 0 Å². The summed E-state index contributed by atoms with van der Waals surface area (Å²) in [7, 11) is 0. The molecule has 1 saturated carbocycles. The Morgan fingerprint density at radius 2 is 1.92 bits per heavy atom. The van der Waals surface area contributed by atoms with Crippen molar-refractivity contribution in [3.8, 4) is 0 Å². The van der Waals surface area contributed by atoms with Crippen LogP contribution < -0.4 is 0 Å². The fourth-order valence-corrected chi connectivity index (χ4v) is 1.34. The minimum Gasteiger partial charge on any atom is -0.294 e. The van der Waals surface area contributed by atoms with Gasteiger partial charge in [0.15, 0.2) is 5.78 Å². The summed E-state index contributed by atoms with van der Waals surface area (Å²) in [5.41, 5.74) is 0.387. The zero-order chi connectivity index (χ0) is 8.97. The summed E-state index contributed by atoms with van der Waals surface area (Å²) >= 11 is 0. The first-order chi connectivity index (χ1) is 5.70. The van der Waals surface area contributed by atoms with Gasteiger partial charge in [-0.05, 0) is 19.3 Å². The highest BCUT2D eigenvalue weighted by atomic mass is 16.6. The van der Waals surface area contributed by atoms with E-state index in [4.69, 9.17) is 0 Å². The summed E-state index contributed by atoms with van der Waals surface area (Å²) < 4.78 is 0. The Kier molecular flexibility index (Phi) is 2.96. The zero-order valence-electron chi connectivity index (χ0n) is 6.78. The van der Waals surface area contributed by atoms with Gasteiger partial charge in [-0.2, -0.15) is 0 Å². The maximum absolute atomic E-state index is 11.2. The van der Waals surface area contributed by atoms with Crippen LogP contribution in [0.1, 0.15) is 32.1 Å². The molecule has 0 saturated heterocycles. The molecular weight excluding hydrogens is 158 g/mol. The van der Waals surface area contributed by atoms with Crippen molar-refractivity contribution in [3.05, 3.63) is 21.9 Å². The molecule has 0 heterocycles. The summed E-state index contributed by atoms with van der Waals surface area (Å²) in [5.74, 6) is -0.0517. The number of nitro groups is 1. The number of allylic oxidation sites excluding steroid dienone is 1. The number of rotatable bonds is 1. The molecule has 0 radical (unpaired) electrons. The Morgan fingerprint density at radius 3 is 2.58 bits per heavy atom. The standard InChI is InChI=1S/C8H11NO3/c10-8-5-3-1-2-4-7(8)6-9(11)12/h6H,1-5H2/b7-6+. The predicted octanol–water partition coefficient (Wildman–Crippen LogP) is 1.68. The van der Waals surface area contributed by atoms with Crippen LogP contribution in [0, 0.1) is 10.1 Å². The molecular formula is C8H11NO3. The third-order valence-electron chi connectivity index (χ3n) is 1.97. The lowest BCUT2D eigenvalue weighted by atomic mass is 10.1. The summed E-state index contributed by atoms with van der Waals surface area (Å²) in [6.45, 7) is 0. The average molecular weight is 169 g/mol. The maximum Gasteiger partial charge on any atom is 0.241 e. The van der Waals surface area contributed by atoms with E-state index in [1.165, 1.54) is 0 Å². The van der Waals surface area contributed by atoms with Crippen LogP contribution in [0.5, 0.6) is 0 Å². The fourth-order valence-electron chi connectivity index (χ4n) is 1.34. The Balaban J connectivity index is 2.71. The van der Waals surface area contributed by atoms with Crippen LogP contribution in [0.3, 0.4) is 0 Å². The van der Waals surface area contributed by atoms with Crippen LogP contribution in [0.25, 0.3) is 0 Å². The first kappa shape index (κ1) is 8.90. The fraction of sp³-hybridized carbons (Fsp3) is 0.625. The van der Waals surface area contributed by atoms with E-state index in [-0.39, 0.29) is 5.78 Å². The van der Waals surface area contributed by atoms with Gasteiger partial charge in [-0.25, -0.2) is 0 Å². The van der Waals surface area contributed by atoms with Crippen LogP contribution >= 0.6 is 0 Å². The van der Waals surface area contributed by atoms with E-state index >= 15 is 0 Å². The molecule has 0 aromatic heterocycles. The number of carbonyl (C=O) groups excluding carboxylic acids is 1. The summed E-state index contributed by atoms with van der Waals surface area (Å²) in [6.07, 6.45) is 4.66. The molecule has 0 atom stereocenters. The number of nitrogens with zero attached hydrogens (tertiary/aromatic N) is 1. The van der Waals surface area contributed by atoms with Crippen molar-refractivity contribution in [1.82, 2.24) is 0 Å². The molecule has 0 spiro atoms. The van der Waals surface area contributed by atoms with Crippen LogP contribution in [0.2, 0.25) is 0 Å². The van der Waals surface area contributed by atoms with E-state index in [1.807, 2.05) is 0 Å². The Bertz CT molecular complexity index is 232. The van der Waals surface area contributed by atoms with Crippen molar-refractivity contribution in [3.63, 3.8) is 0 Å². The lowest BCUT2D eigenvalue weighted by Crippen LogP contribution is -2.02. The van der Waals surface area contributed by atoms with Crippen molar-refractivity contribution in [1.29, 1.82) is 0 Å². The molecule has 1 rings (SSSR count). The van der Waals surface area contributed by atoms with E-state index in [2.05, 4.69) is 0 Å². The quantitative estimate of drug-likeness (QED) is 0.259. The summed E-state index contributed by atoms with van der Waals surface area (Å²) in [6, 6.07) is 0. The third-order valence-corrected chi connectivity index (χ3v) is 1.97. The van der Waals surface area contributed by atoms with Gasteiger partial charge in [-0.15, -0.1) is 0 Å². The van der Waals surface area contributed by atoms with Gasteiger partial charge in [0.1, 0.15) is 0 Å². The number of hydrogen-bond donors (Lipinski definition) is 0. The van der Waals surface area contributed by atoms with Gasteiger partial charge in [-0.1, -0.05) is 6.42 Å².